The van der Waals surface area contributed by atoms with Gasteiger partial charge in [-0.1, -0.05) is 12.1 Å². The first kappa shape index (κ1) is 20.6. The van der Waals surface area contributed by atoms with Crippen molar-refractivity contribution in [3.8, 4) is 16.9 Å². The minimum atomic E-state index is -4.60. The number of ether oxygens (including phenoxy) is 1. The molecule has 0 unspecified atom stereocenters. The Morgan fingerprint density at radius 3 is 2.52 bits per heavy atom. The Kier molecular flexibility index (Phi) is 4.42. The van der Waals surface area contributed by atoms with E-state index < -0.39 is 22.2 Å². The third-order valence-electron chi connectivity index (χ3n) is 5.55. The lowest BCUT2D eigenvalue weighted by atomic mass is 9.99. The molecule has 0 aliphatic rings. The number of nitrogens with one attached hydrogen (secondary N) is 1. The Labute approximate surface area is 182 Å². The molecule has 0 aliphatic carbocycles. The summed E-state index contributed by atoms with van der Waals surface area (Å²) in [5, 5.41) is 11.8. The van der Waals surface area contributed by atoms with Crippen LogP contribution in [-0.2, 0) is 6.18 Å². The molecule has 3 aromatic carbocycles. The molecule has 10 heteroatoms. The minimum Gasteiger partial charge on any atom is -0.497 e. The highest BCUT2D eigenvalue weighted by Gasteiger charge is 2.31. The third-order valence-corrected chi connectivity index (χ3v) is 5.55. The van der Waals surface area contributed by atoms with E-state index in [9.17, 15) is 28.1 Å². The second-order valence-electron chi connectivity index (χ2n) is 7.44. The summed E-state index contributed by atoms with van der Waals surface area (Å²) in [5.74, 6) is 0.530. The maximum Gasteiger partial charge on any atom is 0.416 e. The van der Waals surface area contributed by atoms with Gasteiger partial charge in [-0.05, 0) is 47.3 Å². The molecule has 166 valence electrons. The SMILES string of the molecule is COc1cccc(-c2c3ccc([N+](=O)[O-])cc3c(=O)n3c2[nH]c2ccc(C(F)(F)F)cc23)c1. The lowest BCUT2D eigenvalue weighted by Gasteiger charge is -2.11. The van der Waals surface area contributed by atoms with Gasteiger partial charge in [-0.25, -0.2) is 0 Å². The van der Waals surface area contributed by atoms with Gasteiger partial charge in [-0.2, -0.15) is 13.2 Å². The van der Waals surface area contributed by atoms with Gasteiger partial charge in [0.25, 0.3) is 11.2 Å². The number of fused-ring (bicyclic) bond motifs is 4. The number of halogens is 3. The molecule has 0 saturated heterocycles. The zero-order chi connectivity index (χ0) is 23.5. The van der Waals surface area contributed by atoms with Gasteiger partial charge in [0, 0.05) is 17.7 Å². The standard InChI is InChI=1S/C23H14F3N3O4/c1-33-15-4-2-3-12(9-15)20-16-7-6-14(29(31)32)11-17(16)22(30)28-19-10-13(23(24,25)26)5-8-18(19)27-21(20)28/h2-11,27H,1H3. The number of imidazole rings is 1. The summed E-state index contributed by atoms with van der Waals surface area (Å²) in [7, 11) is 1.49. The van der Waals surface area contributed by atoms with Gasteiger partial charge in [-0.15, -0.1) is 0 Å². The number of hydrogen-bond donors (Lipinski definition) is 1. The zero-order valence-corrected chi connectivity index (χ0v) is 16.9. The van der Waals surface area contributed by atoms with Crippen LogP contribution in [0.15, 0.2) is 65.5 Å². The predicted octanol–water partition coefficient (Wildman–Crippen LogP) is 5.54. The fraction of sp³-hybridized carbons (Fsp3) is 0.0870. The molecule has 0 aliphatic heterocycles. The van der Waals surface area contributed by atoms with Gasteiger partial charge in [0.2, 0.25) is 0 Å². The number of pyridine rings is 1. The van der Waals surface area contributed by atoms with E-state index in [2.05, 4.69) is 4.98 Å². The summed E-state index contributed by atoms with van der Waals surface area (Å²) in [5.41, 5.74) is -0.158. The Morgan fingerprint density at radius 1 is 1.03 bits per heavy atom. The van der Waals surface area contributed by atoms with Gasteiger partial charge in [0.1, 0.15) is 11.4 Å². The number of methoxy groups -OCH3 is 1. The summed E-state index contributed by atoms with van der Waals surface area (Å²) in [6, 6.07) is 13.9. The summed E-state index contributed by atoms with van der Waals surface area (Å²) < 4.78 is 46.5. The van der Waals surface area contributed by atoms with Crippen LogP contribution >= 0.6 is 0 Å². The van der Waals surface area contributed by atoms with Crippen LogP contribution < -0.4 is 10.3 Å². The third kappa shape index (κ3) is 3.18. The molecule has 0 fully saturated rings. The van der Waals surface area contributed by atoms with Crippen LogP contribution in [0.5, 0.6) is 5.75 Å². The summed E-state index contributed by atoms with van der Waals surface area (Å²) in [6.07, 6.45) is -4.60. The summed E-state index contributed by atoms with van der Waals surface area (Å²) >= 11 is 0. The first-order valence-electron chi connectivity index (χ1n) is 9.69. The second-order valence-corrected chi connectivity index (χ2v) is 7.44. The van der Waals surface area contributed by atoms with Gasteiger partial charge in [-0.3, -0.25) is 19.3 Å². The Morgan fingerprint density at radius 2 is 1.82 bits per heavy atom. The van der Waals surface area contributed by atoms with Crippen molar-refractivity contribution in [1.82, 2.24) is 9.38 Å². The van der Waals surface area contributed by atoms with Crippen molar-refractivity contribution < 1.29 is 22.8 Å². The van der Waals surface area contributed by atoms with Crippen LogP contribution in [0.3, 0.4) is 0 Å². The fourth-order valence-electron chi connectivity index (χ4n) is 4.05. The number of aromatic amines is 1. The van der Waals surface area contributed by atoms with Gasteiger partial charge >= 0.3 is 6.18 Å². The van der Waals surface area contributed by atoms with E-state index in [1.165, 1.54) is 25.3 Å². The number of nitro groups is 1. The first-order valence-corrected chi connectivity index (χ1v) is 9.69. The van der Waals surface area contributed by atoms with Crippen molar-refractivity contribution in [3.63, 3.8) is 0 Å². The molecule has 2 heterocycles. The van der Waals surface area contributed by atoms with Gasteiger partial charge in [0.15, 0.2) is 0 Å². The molecule has 7 nitrogen and oxygen atoms in total. The van der Waals surface area contributed by atoms with E-state index >= 15 is 0 Å². The van der Waals surface area contributed by atoms with Crippen molar-refractivity contribution in [1.29, 1.82) is 0 Å². The molecule has 0 radical (unpaired) electrons. The van der Waals surface area contributed by atoms with Crippen LogP contribution in [0.1, 0.15) is 5.56 Å². The molecular weight excluding hydrogens is 439 g/mol. The molecule has 0 bridgehead atoms. The highest BCUT2D eigenvalue weighted by atomic mass is 19.4. The highest BCUT2D eigenvalue weighted by Crippen LogP contribution is 2.37. The van der Waals surface area contributed by atoms with Crippen LogP contribution in [0.2, 0.25) is 0 Å². The number of H-pyrrole nitrogens is 1. The van der Waals surface area contributed by atoms with Crippen molar-refractivity contribution in [2.75, 3.05) is 7.11 Å². The van der Waals surface area contributed by atoms with E-state index in [1.54, 1.807) is 24.3 Å². The monoisotopic (exact) mass is 453 g/mol. The average Bonchev–Trinajstić information content (AvgIpc) is 3.17. The molecule has 0 spiro atoms. The smallest absolute Gasteiger partial charge is 0.416 e. The van der Waals surface area contributed by atoms with Crippen molar-refractivity contribution in [2.45, 2.75) is 6.18 Å². The van der Waals surface area contributed by atoms with E-state index in [1.807, 2.05) is 0 Å². The molecule has 2 aromatic heterocycles. The zero-order valence-electron chi connectivity index (χ0n) is 16.9. The van der Waals surface area contributed by atoms with Crippen molar-refractivity contribution >= 4 is 33.1 Å². The van der Waals surface area contributed by atoms with E-state index in [0.717, 1.165) is 22.6 Å². The largest absolute Gasteiger partial charge is 0.497 e. The molecule has 1 N–H and O–H groups in total. The number of non-ortho nitro benzene ring substituents is 1. The fourth-order valence-corrected chi connectivity index (χ4v) is 4.05. The first-order chi connectivity index (χ1) is 15.7. The van der Waals surface area contributed by atoms with Crippen LogP contribution in [0.4, 0.5) is 18.9 Å². The molecular formula is C23H14F3N3O4. The van der Waals surface area contributed by atoms with Crippen LogP contribution in [-0.4, -0.2) is 21.4 Å². The number of rotatable bonds is 3. The topological polar surface area (TPSA) is 89.6 Å². The number of nitro benzene ring substituents is 1. The van der Waals surface area contributed by atoms with E-state index in [0.29, 0.717) is 27.8 Å². The van der Waals surface area contributed by atoms with Gasteiger partial charge < -0.3 is 9.72 Å². The molecule has 5 rings (SSSR count). The summed E-state index contributed by atoms with van der Waals surface area (Å²) in [6.45, 7) is 0. The van der Waals surface area contributed by atoms with Crippen LogP contribution in [0, 0.1) is 10.1 Å². The molecule has 0 saturated carbocycles. The molecule has 33 heavy (non-hydrogen) atoms. The van der Waals surface area contributed by atoms with Crippen molar-refractivity contribution in [2.24, 2.45) is 0 Å². The van der Waals surface area contributed by atoms with E-state index in [-0.39, 0.29) is 22.2 Å². The van der Waals surface area contributed by atoms with Crippen molar-refractivity contribution in [3.05, 3.63) is 86.7 Å². The second kappa shape index (κ2) is 7.09. The Hall–Kier alpha value is -4.34. The number of hydrogen-bond acceptors (Lipinski definition) is 4. The normalized spacial score (nSPS) is 12.0. The lowest BCUT2D eigenvalue weighted by Crippen LogP contribution is -2.14. The Balaban J connectivity index is 2.00. The average molecular weight is 453 g/mol. The van der Waals surface area contributed by atoms with E-state index in [4.69, 9.17) is 4.74 Å². The lowest BCUT2D eigenvalue weighted by molar-refractivity contribution is -0.384. The number of nitrogens with zero attached hydrogens (tertiary/aromatic N) is 2. The molecule has 0 atom stereocenters. The quantitative estimate of drug-likeness (QED) is 0.287. The maximum absolute atomic E-state index is 13.4. The number of aromatic nitrogens is 2. The minimum absolute atomic E-state index is 0.0119. The number of alkyl halides is 3. The van der Waals surface area contributed by atoms with Gasteiger partial charge in [0.05, 0.1) is 34.0 Å². The maximum atomic E-state index is 13.4. The predicted molar refractivity (Wildman–Crippen MR) is 117 cm³/mol. The highest BCUT2D eigenvalue weighted by molar-refractivity contribution is 6.05. The summed E-state index contributed by atoms with van der Waals surface area (Å²) in [4.78, 5) is 27.2. The Bertz CT molecular complexity index is 1650. The number of benzene rings is 3. The molecule has 0 amide bonds. The van der Waals surface area contributed by atoms with Crippen LogP contribution in [0.25, 0.3) is 38.6 Å². The molecule has 5 aromatic rings.